The first-order valence-corrected chi connectivity index (χ1v) is 7.89. The Kier molecular flexibility index (Phi) is 5.88. The number of ether oxygens (including phenoxy) is 2. The first-order valence-electron chi connectivity index (χ1n) is 7.89. The summed E-state index contributed by atoms with van der Waals surface area (Å²) in [6, 6.07) is 7.77. The van der Waals surface area contributed by atoms with Gasteiger partial charge in [0.15, 0.2) is 0 Å². The van der Waals surface area contributed by atoms with Crippen LogP contribution in [-0.2, 0) is 0 Å². The summed E-state index contributed by atoms with van der Waals surface area (Å²) in [5, 5.41) is 3.66. The van der Waals surface area contributed by atoms with Crippen molar-refractivity contribution >= 4 is 0 Å². The predicted octanol–water partition coefficient (Wildman–Crippen LogP) is 2.54. The monoisotopic (exact) mass is 292 g/mol. The van der Waals surface area contributed by atoms with Gasteiger partial charge in [-0.3, -0.25) is 4.90 Å². The Morgan fingerprint density at radius 3 is 2.62 bits per heavy atom. The van der Waals surface area contributed by atoms with Crippen LogP contribution in [-0.4, -0.2) is 50.3 Å². The van der Waals surface area contributed by atoms with Crippen molar-refractivity contribution in [3.8, 4) is 11.5 Å². The summed E-state index contributed by atoms with van der Waals surface area (Å²) in [4.78, 5) is 2.51. The van der Waals surface area contributed by atoms with Crippen molar-refractivity contribution in [3.05, 3.63) is 24.3 Å². The molecule has 1 aliphatic heterocycles. The molecule has 1 heterocycles. The summed E-state index contributed by atoms with van der Waals surface area (Å²) in [6.07, 6.45) is 2.36. The van der Waals surface area contributed by atoms with Crippen LogP contribution in [0.3, 0.4) is 0 Å². The number of rotatable bonds is 6. The molecule has 1 fully saturated rings. The molecule has 118 valence electrons. The highest BCUT2D eigenvalue weighted by atomic mass is 16.5. The largest absolute Gasteiger partial charge is 0.497 e. The fraction of sp³-hybridized carbons (Fsp3) is 0.647. The molecule has 0 aromatic heterocycles. The lowest BCUT2D eigenvalue weighted by Gasteiger charge is -2.32. The normalized spacial score (nSPS) is 23.6. The number of hydrogen-bond acceptors (Lipinski definition) is 4. The van der Waals surface area contributed by atoms with Gasteiger partial charge in [0.2, 0.25) is 0 Å². The SMILES string of the molecule is CCC1(C)CN(CCOc2ccc(OC)cc2)CCCN1. The molecule has 4 heteroatoms. The second-order valence-electron chi connectivity index (χ2n) is 5.99. The Morgan fingerprint density at radius 2 is 1.95 bits per heavy atom. The van der Waals surface area contributed by atoms with Gasteiger partial charge in [-0.15, -0.1) is 0 Å². The minimum Gasteiger partial charge on any atom is -0.497 e. The molecule has 4 nitrogen and oxygen atoms in total. The van der Waals surface area contributed by atoms with Gasteiger partial charge in [0.05, 0.1) is 7.11 Å². The van der Waals surface area contributed by atoms with Gasteiger partial charge in [-0.2, -0.15) is 0 Å². The van der Waals surface area contributed by atoms with Crippen LogP contribution >= 0.6 is 0 Å². The molecular formula is C17H28N2O2. The highest BCUT2D eigenvalue weighted by Crippen LogP contribution is 2.18. The molecule has 1 unspecified atom stereocenters. The second kappa shape index (κ2) is 7.66. The van der Waals surface area contributed by atoms with E-state index in [0.717, 1.165) is 50.7 Å². The number of benzene rings is 1. The lowest BCUT2D eigenvalue weighted by Crippen LogP contribution is -2.49. The minimum atomic E-state index is 0.233. The number of methoxy groups -OCH3 is 1. The molecule has 1 saturated heterocycles. The van der Waals surface area contributed by atoms with Gasteiger partial charge >= 0.3 is 0 Å². The van der Waals surface area contributed by atoms with E-state index < -0.39 is 0 Å². The Balaban J connectivity index is 1.78. The Labute approximate surface area is 128 Å². The smallest absolute Gasteiger partial charge is 0.119 e. The molecule has 1 atom stereocenters. The summed E-state index contributed by atoms with van der Waals surface area (Å²) in [5.41, 5.74) is 0.233. The van der Waals surface area contributed by atoms with Crippen LogP contribution in [0, 0.1) is 0 Å². The first kappa shape index (κ1) is 16.1. The maximum Gasteiger partial charge on any atom is 0.119 e. The molecule has 21 heavy (non-hydrogen) atoms. The first-order chi connectivity index (χ1) is 10.1. The van der Waals surface area contributed by atoms with Crippen LogP contribution < -0.4 is 14.8 Å². The third-order valence-electron chi connectivity index (χ3n) is 4.29. The Bertz CT molecular complexity index is 421. The highest BCUT2D eigenvalue weighted by molar-refractivity contribution is 5.31. The maximum atomic E-state index is 5.83. The van der Waals surface area contributed by atoms with Crippen molar-refractivity contribution in [2.75, 3.05) is 39.9 Å². The van der Waals surface area contributed by atoms with E-state index in [0.29, 0.717) is 0 Å². The molecule has 0 amide bonds. The van der Waals surface area contributed by atoms with Crippen LogP contribution in [0.1, 0.15) is 26.7 Å². The summed E-state index contributed by atoms with van der Waals surface area (Å²) < 4.78 is 11.0. The van der Waals surface area contributed by atoms with Crippen molar-refractivity contribution in [1.82, 2.24) is 10.2 Å². The van der Waals surface area contributed by atoms with Crippen molar-refractivity contribution in [3.63, 3.8) is 0 Å². The summed E-state index contributed by atoms with van der Waals surface area (Å²) in [5.74, 6) is 1.77. The Hall–Kier alpha value is -1.26. The van der Waals surface area contributed by atoms with E-state index in [4.69, 9.17) is 9.47 Å². The lowest BCUT2D eigenvalue weighted by molar-refractivity contribution is 0.178. The quantitative estimate of drug-likeness (QED) is 0.873. The van der Waals surface area contributed by atoms with Gasteiger partial charge in [-0.05, 0) is 57.1 Å². The molecular weight excluding hydrogens is 264 g/mol. The van der Waals surface area contributed by atoms with Gasteiger partial charge in [-0.1, -0.05) is 6.92 Å². The van der Waals surface area contributed by atoms with Gasteiger partial charge in [0.1, 0.15) is 18.1 Å². The fourth-order valence-corrected chi connectivity index (χ4v) is 2.71. The maximum absolute atomic E-state index is 5.83. The molecule has 2 rings (SSSR count). The zero-order chi connectivity index (χ0) is 15.1. The van der Waals surface area contributed by atoms with Crippen LogP contribution in [0.5, 0.6) is 11.5 Å². The average Bonchev–Trinajstić information content (AvgIpc) is 2.70. The minimum absolute atomic E-state index is 0.233. The van der Waals surface area contributed by atoms with E-state index in [1.807, 2.05) is 24.3 Å². The van der Waals surface area contributed by atoms with Gasteiger partial charge < -0.3 is 14.8 Å². The van der Waals surface area contributed by atoms with Crippen molar-refractivity contribution in [2.45, 2.75) is 32.2 Å². The molecule has 0 spiro atoms. The molecule has 0 saturated carbocycles. The lowest BCUT2D eigenvalue weighted by atomic mass is 9.99. The van der Waals surface area contributed by atoms with E-state index in [1.165, 1.54) is 6.42 Å². The fourth-order valence-electron chi connectivity index (χ4n) is 2.71. The average molecular weight is 292 g/mol. The summed E-state index contributed by atoms with van der Waals surface area (Å²) >= 11 is 0. The molecule has 0 radical (unpaired) electrons. The highest BCUT2D eigenvalue weighted by Gasteiger charge is 2.26. The zero-order valence-electron chi connectivity index (χ0n) is 13.5. The van der Waals surface area contributed by atoms with E-state index >= 15 is 0 Å². The second-order valence-corrected chi connectivity index (χ2v) is 5.99. The van der Waals surface area contributed by atoms with E-state index in [9.17, 15) is 0 Å². The summed E-state index contributed by atoms with van der Waals surface area (Å²) in [6.45, 7) is 9.62. The van der Waals surface area contributed by atoms with Gasteiger partial charge in [0.25, 0.3) is 0 Å². The van der Waals surface area contributed by atoms with Crippen LogP contribution in [0.4, 0.5) is 0 Å². The number of nitrogens with one attached hydrogen (secondary N) is 1. The topological polar surface area (TPSA) is 33.7 Å². The van der Waals surface area contributed by atoms with Crippen LogP contribution in [0.2, 0.25) is 0 Å². The van der Waals surface area contributed by atoms with Gasteiger partial charge in [-0.25, -0.2) is 0 Å². The van der Waals surface area contributed by atoms with Crippen molar-refractivity contribution in [2.24, 2.45) is 0 Å². The van der Waals surface area contributed by atoms with E-state index in [-0.39, 0.29) is 5.54 Å². The van der Waals surface area contributed by atoms with Crippen molar-refractivity contribution < 1.29 is 9.47 Å². The number of nitrogens with zero attached hydrogens (tertiary/aromatic N) is 1. The standard InChI is InChI=1S/C17H28N2O2/c1-4-17(2)14-19(11-5-10-18-17)12-13-21-16-8-6-15(20-3)7-9-16/h6-9,18H,4-5,10-14H2,1-3H3. The Morgan fingerprint density at radius 1 is 1.24 bits per heavy atom. The van der Waals surface area contributed by atoms with E-state index in [1.54, 1.807) is 7.11 Å². The van der Waals surface area contributed by atoms with Crippen LogP contribution in [0.15, 0.2) is 24.3 Å². The van der Waals surface area contributed by atoms with Crippen molar-refractivity contribution in [1.29, 1.82) is 0 Å². The molecule has 1 aliphatic rings. The predicted molar refractivity (Wildman–Crippen MR) is 86.2 cm³/mol. The third kappa shape index (κ3) is 4.90. The van der Waals surface area contributed by atoms with Crippen LogP contribution in [0.25, 0.3) is 0 Å². The molecule has 0 bridgehead atoms. The molecule has 1 N–H and O–H groups in total. The zero-order valence-corrected chi connectivity index (χ0v) is 13.5. The molecule has 1 aromatic carbocycles. The van der Waals surface area contributed by atoms with E-state index in [2.05, 4.69) is 24.1 Å². The number of hydrogen-bond donors (Lipinski definition) is 1. The molecule has 0 aliphatic carbocycles. The molecule has 1 aromatic rings. The third-order valence-corrected chi connectivity index (χ3v) is 4.29. The summed E-state index contributed by atoms with van der Waals surface area (Å²) in [7, 11) is 1.67. The van der Waals surface area contributed by atoms with Gasteiger partial charge in [0, 0.05) is 18.6 Å².